The molecule has 12 heteroatoms. The monoisotopic (exact) mass is 618 g/mol. The molecule has 0 aliphatic heterocycles. The van der Waals surface area contributed by atoms with E-state index in [1.165, 1.54) is 21.9 Å². The van der Waals surface area contributed by atoms with E-state index in [0.29, 0.717) is 45.4 Å². The van der Waals surface area contributed by atoms with Gasteiger partial charge in [0.05, 0.1) is 21.7 Å². The molecule has 6 aromatic rings. The first-order valence-corrected chi connectivity index (χ1v) is 14.7. The molecule has 0 aliphatic carbocycles. The minimum absolute atomic E-state index is 0.171. The van der Waals surface area contributed by atoms with Crippen molar-refractivity contribution in [3.63, 3.8) is 0 Å². The highest BCUT2D eigenvalue weighted by Crippen LogP contribution is 2.34. The molecule has 6 rings (SSSR count). The van der Waals surface area contributed by atoms with Crippen LogP contribution in [0.25, 0.3) is 40.1 Å². The molecule has 0 unspecified atom stereocenters. The van der Waals surface area contributed by atoms with E-state index >= 15 is 0 Å². The maximum atomic E-state index is 13.4. The Morgan fingerprint density at radius 1 is 1.02 bits per heavy atom. The zero-order chi connectivity index (χ0) is 31.3. The van der Waals surface area contributed by atoms with Crippen LogP contribution in [0.4, 0.5) is 5.69 Å². The topological polar surface area (TPSA) is 127 Å². The molecule has 0 radical (unpaired) electrons. The first-order chi connectivity index (χ1) is 21.9. The van der Waals surface area contributed by atoms with Crippen molar-refractivity contribution in [1.82, 2.24) is 24.4 Å². The van der Waals surface area contributed by atoms with Gasteiger partial charge in [-0.05, 0) is 61.0 Å². The van der Waals surface area contributed by atoms with E-state index in [0.717, 1.165) is 17.0 Å². The molecule has 0 atom stereocenters. The zero-order valence-electron chi connectivity index (χ0n) is 24.1. The molecule has 224 valence electrons. The van der Waals surface area contributed by atoms with Crippen LogP contribution in [0.1, 0.15) is 23.9 Å². The molecule has 0 fully saturated rings. The Hall–Kier alpha value is -5.88. The Morgan fingerprint density at radius 3 is 2.53 bits per heavy atom. The summed E-state index contributed by atoms with van der Waals surface area (Å²) in [5.74, 6) is 1.31. The predicted molar refractivity (Wildman–Crippen MR) is 174 cm³/mol. The first-order valence-electron chi connectivity index (χ1n) is 13.9. The Morgan fingerprint density at radius 2 is 1.82 bits per heavy atom. The number of nitrogens with zero attached hydrogens (tertiary/aromatic N) is 6. The Bertz CT molecular complexity index is 2150. The molecule has 3 heterocycles. The third-order valence-corrected chi connectivity index (χ3v) is 7.61. The number of ether oxygens (including phenoxy) is 2. The molecule has 0 N–H and O–H groups in total. The van der Waals surface area contributed by atoms with Crippen LogP contribution in [-0.2, 0) is 0 Å². The molecule has 45 heavy (non-hydrogen) atoms. The molecule has 0 saturated carbocycles. The number of hydrogen-bond donors (Lipinski definition) is 0. The third-order valence-electron chi connectivity index (χ3n) is 6.65. The van der Waals surface area contributed by atoms with E-state index in [2.05, 4.69) is 16.7 Å². The van der Waals surface area contributed by atoms with Gasteiger partial charge in [-0.2, -0.15) is 14.6 Å². The van der Waals surface area contributed by atoms with E-state index in [1.807, 2.05) is 60.7 Å². The van der Waals surface area contributed by atoms with Crippen molar-refractivity contribution in [2.45, 2.75) is 6.92 Å². The van der Waals surface area contributed by atoms with Crippen molar-refractivity contribution < 1.29 is 14.4 Å². The van der Waals surface area contributed by atoms with Crippen LogP contribution in [0.2, 0.25) is 0 Å². The highest BCUT2D eigenvalue weighted by molar-refractivity contribution is 7.15. The Kier molecular flexibility index (Phi) is 8.29. The maximum absolute atomic E-state index is 13.4. The Balaban J connectivity index is 1.36. The van der Waals surface area contributed by atoms with Crippen molar-refractivity contribution in [3.8, 4) is 28.4 Å². The van der Waals surface area contributed by atoms with Gasteiger partial charge < -0.3 is 9.47 Å². The number of benzene rings is 3. The second kappa shape index (κ2) is 12.8. The minimum atomic E-state index is -0.484. The highest BCUT2D eigenvalue weighted by Gasteiger charge is 2.20. The van der Waals surface area contributed by atoms with Gasteiger partial charge in [0.2, 0.25) is 4.96 Å². The summed E-state index contributed by atoms with van der Waals surface area (Å²) in [6.45, 7) is 6.13. The van der Waals surface area contributed by atoms with Gasteiger partial charge in [0.1, 0.15) is 18.1 Å². The van der Waals surface area contributed by atoms with Gasteiger partial charge in [-0.15, -0.1) is 5.10 Å². The molecule has 11 nitrogen and oxygen atoms in total. The van der Waals surface area contributed by atoms with Crippen LogP contribution in [0.5, 0.6) is 11.5 Å². The standard InChI is InChI=1S/C33H26N6O5S/c1-3-18-44-26-14-10-22(11-15-26)12-17-30-34-33-38(35-30)32(40)29(45-33)20-24-21-37(25-8-6-5-7-9-25)36-31(24)23-13-16-28(43-4-2)27(19-23)39(41)42/h3,5-17,19-21H,1,4,18H2,2H3/b17-12+,29-20-. The molecular weight excluding hydrogens is 592 g/mol. The van der Waals surface area contributed by atoms with Gasteiger partial charge in [0.25, 0.3) is 5.56 Å². The van der Waals surface area contributed by atoms with Gasteiger partial charge in [-0.25, -0.2) is 4.68 Å². The number of nitro benzene ring substituents is 1. The molecular formula is C33H26N6O5S. The summed E-state index contributed by atoms with van der Waals surface area (Å²) < 4.78 is 14.3. The zero-order valence-corrected chi connectivity index (χ0v) is 24.9. The lowest BCUT2D eigenvalue weighted by Crippen LogP contribution is -2.23. The molecule has 0 saturated heterocycles. The van der Waals surface area contributed by atoms with Crippen LogP contribution in [-0.4, -0.2) is 42.5 Å². The molecule has 0 aliphatic rings. The van der Waals surface area contributed by atoms with E-state index in [4.69, 9.17) is 14.6 Å². The summed E-state index contributed by atoms with van der Waals surface area (Å²) in [6, 6.07) is 21.7. The van der Waals surface area contributed by atoms with E-state index < -0.39 is 4.92 Å². The number of rotatable bonds is 11. The van der Waals surface area contributed by atoms with Crippen LogP contribution >= 0.6 is 11.3 Å². The summed E-state index contributed by atoms with van der Waals surface area (Å²) in [6.07, 6.45) is 8.77. The molecule has 3 aromatic carbocycles. The fraction of sp³-hybridized carbons (Fsp3) is 0.0909. The summed E-state index contributed by atoms with van der Waals surface area (Å²) in [7, 11) is 0. The van der Waals surface area contributed by atoms with E-state index in [-0.39, 0.29) is 17.0 Å². The number of nitro groups is 1. The van der Waals surface area contributed by atoms with Gasteiger partial charge in [0, 0.05) is 23.4 Å². The van der Waals surface area contributed by atoms with Crippen molar-refractivity contribution >= 4 is 40.2 Å². The van der Waals surface area contributed by atoms with Gasteiger partial charge >= 0.3 is 5.69 Å². The summed E-state index contributed by atoms with van der Waals surface area (Å²) in [5, 5.41) is 21.0. The lowest BCUT2D eigenvalue weighted by Gasteiger charge is -2.06. The second-order valence-electron chi connectivity index (χ2n) is 9.67. The van der Waals surface area contributed by atoms with Crippen molar-refractivity contribution in [1.29, 1.82) is 0 Å². The highest BCUT2D eigenvalue weighted by atomic mass is 32.1. The number of thiazole rings is 1. The summed E-state index contributed by atoms with van der Waals surface area (Å²) in [4.78, 5) is 29.7. The van der Waals surface area contributed by atoms with E-state index in [1.54, 1.807) is 48.2 Å². The fourth-order valence-corrected chi connectivity index (χ4v) is 5.48. The fourth-order valence-electron chi connectivity index (χ4n) is 4.58. The Labute approximate surface area is 260 Å². The SMILES string of the molecule is C=CCOc1ccc(/C=C/c2nc3s/c(=C\c4cn(-c5ccccc5)nc4-c4ccc(OCC)c([N+](=O)[O-])c4)c(=O)n3n2)cc1. The van der Waals surface area contributed by atoms with Gasteiger partial charge in [0.15, 0.2) is 11.6 Å². The number of fused-ring (bicyclic) bond motifs is 1. The number of hydrogen-bond acceptors (Lipinski definition) is 9. The van der Waals surface area contributed by atoms with Gasteiger partial charge in [-0.3, -0.25) is 14.9 Å². The lowest BCUT2D eigenvalue weighted by molar-refractivity contribution is -0.385. The van der Waals surface area contributed by atoms with Crippen molar-refractivity contribution in [3.05, 3.63) is 134 Å². The van der Waals surface area contributed by atoms with Crippen molar-refractivity contribution in [2.75, 3.05) is 13.2 Å². The quantitative estimate of drug-likeness (QED) is 0.104. The average Bonchev–Trinajstić information content (AvgIpc) is 3.74. The summed E-state index contributed by atoms with van der Waals surface area (Å²) in [5.41, 5.74) is 2.78. The van der Waals surface area contributed by atoms with E-state index in [9.17, 15) is 14.9 Å². The number of para-hydroxylation sites is 1. The lowest BCUT2D eigenvalue weighted by atomic mass is 10.1. The number of aromatic nitrogens is 5. The second-order valence-corrected chi connectivity index (χ2v) is 10.7. The third kappa shape index (κ3) is 6.26. The van der Waals surface area contributed by atoms with Crippen LogP contribution < -0.4 is 19.6 Å². The van der Waals surface area contributed by atoms with Gasteiger partial charge in [-0.1, -0.05) is 60.4 Å². The van der Waals surface area contributed by atoms with Crippen LogP contribution in [0, 0.1) is 10.1 Å². The minimum Gasteiger partial charge on any atom is -0.490 e. The molecule has 0 spiro atoms. The molecule has 0 amide bonds. The van der Waals surface area contributed by atoms with Crippen LogP contribution in [0.15, 0.2) is 96.4 Å². The normalized spacial score (nSPS) is 11.8. The smallest absolute Gasteiger partial charge is 0.311 e. The molecule has 0 bridgehead atoms. The molecule has 3 aromatic heterocycles. The average molecular weight is 619 g/mol. The maximum Gasteiger partial charge on any atom is 0.311 e. The predicted octanol–water partition coefficient (Wildman–Crippen LogP) is 5.59. The largest absolute Gasteiger partial charge is 0.490 e. The summed E-state index contributed by atoms with van der Waals surface area (Å²) >= 11 is 1.19. The van der Waals surface area contributed by atoms with Crippen LogP contribution in [0.3, 0.4) is 0 Å². The first kappa shape index (κ1) is 29.2. The van der Waals surface area contributed by atoms with Crippen molar-refractivity contribution in [2.24, 2.45) is 0 Å².